The molecular formula is C3H4Si2. The Morgan fingerprint density at radius 1 is 1.20 bits per heavy atom. The van der Waals surface area contributed by atoms with Gasteiger partial charge in [0.05, 0.1) is 0 Å². The summed E-state index contributed by atoms with van der Waals surface area (Å²) in [7, 11) is 6.22. The highest BCUT2D eigenvalue weighted by molar-refractivity contribution is 6.41. The predicted molar refractivity (Wildman–Crippen MR) is 24.9 cm³/mol. The van der Waals surface area contributed by atoms with Crippen LogP contribution in [0.2, 0.25) is 4.66 Å². The van der Waals surface area contributed by atoms with Crippen molar-refractivity contribution >= 4 is 20.5 Å². The SMILES string of the molecule is [CH2]C([CH2])([Si])[Si]. The van der Waals surface area contributed by atoms with Crippen molar-refractivity contribution in [2.24, 2.45) is 0 Å². The van der Waals surface area contributed by atoms with Crippen molar-refractivity contribution in [2.75, 3.05) is 0 Å². The summed E-state index contributed by atoms with van der Waals surface area (Å²) in [6.45, 7) is 6.97. The van der Waals surface area contributed by atoms with Gasteiger partial charge in [0.2, 0.25) is 0 Å². The molecule has 0 heterocycles. The van der Waals surface area contributed by atoms with Gasteiger partial charge in [-0.2, -0.15) is 0 Å². The molecule has 8 radical (unpaired) electrons. The lowest BCUT2D eigenvalue weighted by Gasteiger charge is -2.03. The van der Waals surface area contributed by atoms with E-state index in [-0.39, 0.29) is 4.66 Å². The van der Waals surface area contributed by atoms with Crippen molar-refractivity contribution in [2.45, 2.75) is 4.66 Å². The Hall–Kier alpha value is 0.434. The van der Waals surface area contributed by atoms with Gasteiger partial charge in [0, 0.05) is 20.5 Å². The van der Waals surface area contributed by atoms with Gasteiger partial charge in [0.15, 0.2) is 0 Å². The highest BCUT2D eigenvalue weighted by Crippen LogP contribution is 2.05. The fourth-order valence-electron chi connectivity index (χ4n) is 0. The second-order valence-electron chi connectivity index (χ2n) is 1.08. The van der Waals surface area contributed by atoms with Crippen LogP contribution >= 0.6 is 0 Å². The van der Waals surface area contributed by atoms with Crippen LogP contribution in [-0.2, 0) is 0 Å². The summed E-state index contributed by atoms with van der Waals surface area (Å²) in [5.74, 6) is 0. The standard InChI is InChI=1S/C3H4Si2/c1-3(2,4)5/h1-2H2. The maximum atomic E-state index is 3.49. The third-order valence-electron chi connectivity index (χ3n) is 0. The summed E-state index contributed by atoms with van der Waals surface area (Å²) in [5, 5.41) is 0. The average Bonchev–Trinajstić information content (AvgIpc) is 0.722. The maximum Gasteiger partial charge on any atom is 0.0262 e. The number of hydrogen-bond acceptors (Lipinski definition) is 0. The molecule has 0 amide bonds. The quantitative estimate of drug-likeness (QED) is 0.375. The second-order valence-corrected chi connectivity index (χ2v) is 3.50. The smallest absolute Gasteiger partial charge is 0.0262 e. The van der Waals surface area contributed by atoms with Crippen LogP contribution in [0.25, 0.3) is 0 Å². The minimum atomic E-state index is -0.389. The van der Waals surface area contributed by atoms with E-state index in [4.69, 9.17) is 0 Å². The molecule has 0 nitrogen and oxygen atoms in total. The number of rotatable bonds is 0. The molecule has 0 aromatic heterocycles. The van der Waals surface area contributed by atoms with Crippen LogP contribution in [-0.4, -0.2) is 20.5 Å². The molecule has 0 aliphatic rings. The van der Waals surface area contributed by atoms with E-state index in [1.54, 1.807) is 0 Å². The molecule has 0 aromatic carbocycles. The molecule has 0 aromatic rings. The third-order valence-corrected chi connectivity index (χ3v) is 0. The first kappa shape index (κ1) is 5.43. The van der Waals surface area contributed by atoms with Crippen molar-refractivity contribution in [3.63, 3.8) is 0 Å². The van der Waals surface area contributed by atoms with Crippen LogP contribution in [0.3, 0.4) is 0 Å². The minimum Gasteiger partial charge on any atom is -0.0538 e. The maximum absolute atomic E-state index is 3.49. The molecular weight excluding hydrogens is 92.2 g/mol. The Kier molecular flexibility index (Phi) is 1.37. The Morgan fingerprint density at radius 2 is 1.20 bits per heavy atom. The van der Waals surface area contributed by atoms with Crippen LogP contribution in [0.5, 0.6) is 0 Å². The molecule has 0 saturated carbocycles. The van der Waals surface area contributed by atoms with Crippen LogP contribution in [0.1, 0.15) is 0 Å². The average molecular weight is 96.2 g/mol. The largest absolute Gasteiger partial charge is 0.0538 e. The van der Waals surface area contributed by atoms with Gasteiger partial charge in [0.25, 0.3) is 0 Å². The van der Waals surface area contributed by atoms with Gasteiger partial charge in [-0.05, 0) is 0 Å². The lowest BCUT2D eigenvalue weighted by atomic mass is 10.5. The van der Waals surface area contributed by atoms with Gasteiger partial charge in [-0.1, -0.05) is 18.5 Å². The monoisotopic (exact) mass is 96.0 g/mol. The van der Waals surface area contributed by atoms with Crippen molar-refractivity contribution in [1.82, 2.24) is 0 Å². The van der Waals surface area contributed by atoms with E-state index in [9.17, 15) is 0 Å². The Bertz CT molecular complexity index is 20.4. The molecule has 0 aliphatic heterocycles. The lowest BCUT2D eigenvalue weighted by Crippen LogP contribution is -1.99. The molecule has 5 heavy (non-hydrogen) atoms. The first-order valence-electron chi connectivity index (χ1n) is 1.21. The predicted octanol–water partition coefficient (Wildman–Crippen LogP) is 0.108. The van der Waals surface area contributed by atoms with Crippen LogP contribution < -0.4 is 0 Å². The van der Waals surface area contributed by atoms with E-state index in [0.717, 1.165) is 0 Å². The fraction of sp³-hybridized carbons (Fsp3) is 0.333. The molecule has 24 valence electrons. The summed E-state index contributed by atoms with van der Waals surface area (Å²) >= 11 is 0. The molecule has 0 bridgehead atoms. The first-order valence-corrected chi connectivity index (χ1v) is 2.21. The van der Waals surface area contributed by atoms with Crippen LogP contribution in [0.4, 0.5) is 0 Å². The van der Waals surface area contributed by atoms with E-state index in [1.807, 2.05) is 0 Å². The summed E-state index contributed by atoms with van der Waals surface area (Å²) in [4.78, 5) is 0. The molecule has 0 rings (SSSR count). The molecule has 0 aliphatic carbocycles. The normalized spacial score (nSPS) is 12.0. The highest BCUT2D eigenvalue weighted by Gasteiger charge is 1.97. The van der Waals surface area contributed by atoms with Crippen molar-refractivity contribution in [1.29, 1.82) is 0 Å². The Labute approximate surface area is 39.8 Å². The van der Waals surface area contributed by atoms with Gasteiger partial charge >= 0.3 is 0 Å². The van der Waals surface area contributed by atoms with Crippen LogP contribution in [0.15, 0.2) is 0 Å². The molecule has 0 unspecified atom stereocenters. The van der Waals surface area contributed by atoms with Gasteiger partial charge in [-0.15, -0.1) is 0 Å². The zero-order chi connectivity index (χ0) is 4.50. The van der Waals surface area contributed by atoms with Gasteiger partial charge in [-0.3, -0.25) is 0 Å². The zero-order valence-corrected chi connectivity index (χ0v) is 4.91. The minimum absolute atomic E-state index is 0.389. The third kappa shape index (κ3) is 140. The molecule has 0 saturated heterocycles. The van der Waals surface area contributed by atoms with E-state index in [0.29, 0.717) is 0 Å². The summed E-state index contributed by atoms with van der Waals surface area (Å²) < 4.78 is -0.389. The molecule has 0 fully saturated rings. The van der Waals surface area contributed by atoms with Gasteiger partial charge in [0.1, 0.15) is 0 Å². The topological polar surface area (TPSA) is 0 Å². The molecule has 0 N–H and O–H groups in total. The molecule has 0 spiro atoms. The van der Waals surface area contributed by atoms with Gasteiger partial charge < -0.3 is 0 Å². The van der Waals surface area contributed by atoms with Crippen molar-refractivity contribution < 1.29 is 0 Å². The zero-order valence-electron chi connectivity index (χ0n) is 2.91. The fourth-order valence-corrected chi connectivity index (χ4v) is 0. The second kappa shape index (κ2) is 1.26. The summed E-state index contributed by atoms with van der Waals surface area (Å²) in [6, 6.07) is 0. The number of hydrogen-bond donors (Lipinski definition) is 0. The summed E-state index contributed by atoms with van der Waals surface area (Å²) in [5.41, 5.74) is 0. The van der Waals surface area contributed by atoms with E-state index >= 15 is 0 Å². The van der Waals surface area contributed by atoms with E-state index < -0.39 is 0 Å². The van der Waals surface area contributed by atoms with E-state index in [1.165, 1.54) is 0 Å². The Balaban J connectivity index is 3.02. The summed E-state index contributed by atoms with van der Waals surface area (Å²) in [6.07, 6.45) is 0. The molecule has 0 atom stereocenters. The highest BCUT2D eigenvalue weighted by atomic mass is 28.2. The van der Waals surface area contributed by atoms with Crippen molar-refractivity contribution in [3.8, 4) is 0 Å². The Morgan fingerprint density at radius 3 is 1.20 bits per heavy atom. The van der Waals surface area contributed by atoms with Crippen molar-refractivity contribution in [3.05, 3.63) is 13.8 Å². The lowest BCUT2D eigenvalue weighted by molar-refractivity contribution is 1.25. The molecule has 2 heteroatoms. The first-order chi connectivity index (χ1) is 2.00. The van der Waals surface area contributed by atoms with Gasteiger partial charge in [-0.25, -0.2) is 0 Å². The van der Waals surface area contributed by atoms with Crippen LogP contribution in [0, 0.1) is 13.8 Å². The van der Waals surface area contributed by atoms with E-state index in [2.05, 4.69) is 34.3 Å².